The first-order valence-electron chi connectivity index (χ1n) is 4.64. The van der Waals surface area contributed by atoms with Crippen LogP contribution < -0.4 is 0 Å². The third-order valence-electron chi connectivity index (χ3n) is 2.94. The van der Waals surface area contributed by atoms with E-state index in [2.05, 4.69) is 19.9 Å². The van der Waals surface area contributed by atoms with Crippen molar-refractivity contribution in [3.63, 3.8) is 0 Å². The maximum absolute atomic E-state index is 11.6. The molecule has 0 unspecified atom stereocenters. The van der Waals surface area contributed by atoms with Crippen LogP contribution >= 0.6 is 11.8 Å². The van der Waals surface area contributed by atoms with Crippen molar-refractivity contribution in [2.24, 2.45) is 11.8 Å². The van der Waals surface area contributed by atoms with Gasteiger partial charge in [-0.3, -0.25) is 4.79 Å². The first kappa shape index (κ1) is 9.08. The summed E-state index contributed by atoms with van der Waals surface area (Å²) in [7, 11) is 0. The van der Waals surface area contributed by atoms with Gasteiger partial charge in [0, 0.05) is 22.3 Å². The summed E-state index contributed by atoms with van der Waals surface area (Å²) in [5, 5.41) is 9.10. The molecule has 2 aliphatic rings. The molecule has 0 aromatic rings. The number of nitriles is 1. The van der Waals surface area contributed by atoms with Gasteiger partial charge in [-0.15, -0.1) is 11.8 Å². The van der Waals surface area contributed by atoms with Gasteiger partial charge in [-0.2, -0.15) is 5.26 Å². The largest absolute Gasteiger partial charge is 0.299 e. The molecule has 0 amide bonds. The smallest absolute Gasteiger partial charge is 0.138 e. The molecule has 2 nitrogen and oxygen atoms in total. The van der Waals surface area contributed by atoms with E-state index in [-0.39, 0.29) is 16.6 Å². The number of fused-ring (bicyclic) bond motifs is 1. The number of thioether (sulfide) groups is 1. The molecule has 13 heavy (non-hydrogen) atoms. The summed E-state index contributed by atoms with van der Waals surface area (Å²) in [6.07, 6.45) is 1.49. The van der Waals surface area contributed by atoms with Gasteiger partial charge in [-0.25, -0.2) is 0 Å². The molecule has 0 aromatic carbocycles. The van der Waals surface area contributed by atoms with Gasteiger partial charge in [0.05, 0.1) is 12.0 Å². The fraction of sp³-hybridized carbons (Fsp3) is 0.800. The molecular weight excluding hydrogens is 182 g/mol. The highest BCUT2D eigenvalue weighted by Gasteiger charge is 2.52. The van der Waals surface area contributed by atoms with Crippen molar-refractivity contribution in [1.29, 1.82) is 5.26 Å². The van der Waals surface area contributed by atoms with Crippen LogP contribution in [0.25, 0.3) is 0 Å². The number of Topliss-reactive ketones (excluding diaryl/α,β-unsaturated/α-hetero) is 1. The van der Waals surface area contributed by atoms with Crippen LogP contribution in [0.2, 0.25) is 0 Å². The predicted octanol–water partition coefficient (Wildman–Crippen LogP) is 2.00. The van der Waals surface area contributed by atoms with Gasteiger partial charge in [0.2, 0.25) is 0 Å². The van der Waals surface area contributed by atoms with Crippen molar-refractivity contribution >= 4 is 17.5 Å². The SMILES string of the molecule is CC1(C)CC(=O)[C@@H]2C[C@@H](C#N)[C@@H]2S1. The Hall–Kier alpha value is -0.490. The van der Waals surface area contributed by atoms with E-state index in [4.69, 9.17) is 5.26 Å². The van der Waals surface area contributed by atoms with Gasteiger partial charge in [-0.05, 0) is 6.42 Å². The average Bonchev–Trinajstić information content (AvgIpc) is 1.96. The van der Waals surface area contributed by atoms with Gasteiger partial charge < -0.3 is 0 Å². The number of ketones is 1. The van der Waals surface area contributed by atoms with E-state index >= 15 is 0 Å². The second-order valence-corrected chi connectivity index (χ2v) is 6.45. The second-order valence-electron chi connectivity index (χ2n) is 4.56. The molecule has 1 aliphatic carbocycles. The van der Waals surface area contributed by atoms with Crippen LogP contribution in [-0.4, -0.2) is 15.8 Å². The van der Waals surface area contributed by atoms with E-state index in [0.29, 0.717) is 17.5 Å². The van der Waals surface area contributed by atoms with Gasteiger partial charge in [0.1, 0.15) is 5.78 Å². The van der Waals surface area contributed by atoms with Crippen molar-refractivity contribution in [2.75, 3.05) is 0 Å². The molecule has 1 saturated carbocycles. The summed E-state index contributed by atoms with van der Waals surface area (Å²) in [5.74, 6) is 0.696. The Labute approximate surface area is 82.7 Å². The normalized spacial score (nSPS) is 41.6. The highest BCUT2D eigenvalue weighted by molar-refractivity contribution is 8.01. The van der Waals surface area contributed by atoms with Crippen molar-refractivity contribution < 1.29 is 4.79 Å². The molecule has 1 saturated heterocycles. The van der Waals surface area contributed by atoms with Crippen LogP contribution in [0.15, 0.2) is 0 Å². The maximum atomic E-state index is 11.6. The Bertz CT molecular complexity index is 292. The third-order valence-corrected chi connectivity index (χ3v) is 4.65. The third kappa shape index (κ3) is 1.38. The molecule has 2 rings (SSSR count). The van der Waals surface area contributed by atoms with Gasteiger partial charge in [-0.1, -0.05) is 13.8 Å². The van der Waals surface area contributed by atoms with Crippen LogP contribution in [0.4, 0.5) is 0 Å². The average molecular weight is 195 g/mol. The van der Waals surface area contributed by atoms with E-state index in [0.717, 1.165) is 6.42 Å². The number of hydrogen-bond acceptors (Lipinski definition) is 3. The standard InChI is InChI=1S/C10H13NOS/c1-10(2)4-8(12)7-3-6(5-11)9(7)13-10/h6-7,9H,3-4H2,1-2H3/t6-,7-,9-/m0/s1. The molecule has 3 heteroatoms. The fourth-order valence-electron chi connectivity index (χ4n) is 2.19. The van der Waals surface area contributed by atoms with Crippen molar-refractivity contribution in [3.05, 3.63) is 0 Å². The molecule has 70 valence electrons. The van der Waals surface area contributed by atoms with Crippen molar-refractivity contribution in [2.45, 2.75) is 36.7 Å². The number of nitrogens with zero attached hydrogens (tertiary/aromatic N) is 1. The molecule has 2 fully saturated rings. The molecule has 0 bridgehead atoms. The zero-order chi connectivity index (χ0) is 9.64. The summed E-state index contributed by atoms with van der Waals surface area (Å²) < 4.78 is 0.0494. The highest BCUT2D eigenvalue weighted by atomic mass is 32.2. The lowest BCUT2D eigenvalue weighted by atomic mass is 9.71. The Balaban J connectivity index is 2.14. The Morgan fingerprint density at radius 3 is 2.92 bits per heavy atom. The first-order chi connectivity index (χ1) is 6.03. The van der Waals surface area contributed by atoms with E-state index in [9.17, 15) is 4.79 Å². The number of hydrogen-bond donors (Lipinski definition) is 0. The Morgan fingerprint density at radius 2 is 2.31 bits per heavy atom. The van der Waals surface area contributed by atoms with Gasteiger partial charge in [0.15, 0.2) is 0 Å². The zero-order valence-electron chi connectivity index (χ0n) is 7.91. The minimum Gasteiger partial charge on any atom is -0.299 e. The summed E-state index contributed by atoms with van der Waals surface area (Å²) >= 11 is 1.83. The van der Waals surface area contributed by atoms with Crippen molar-refractivity contribution in [1.82, 2.24) is 0 Å². The molecule has 0 N–H and O–H groups in total. The van der Waals surface area contributed by atoms with Crippen LogP contribution in [0.5, 0.6) is 0 Å². The Kier molecular flexibility index (Phi) is 1.92. The molecular formula is C10H13NOS. The summed E-state index contributed by atoms with van der Waals surface area (Å²) in [6, 6.07) is 2.29. The monoisotopic (exact) mass is 195 g/mol. The van der Waals surface area contributed by atoms with Gasteiger partial charge >= 0.3 is 0 Å². The lowest BCUT2D eigenvalue weighted by Crippen LogP contribution is -2.50. The topological polar surface area (TPSA) is 40.9 Å². The number of carbonyl (C=O) groups is 1. The van der Waals surface area contributed by atoms with Crippen LogP contribution in [0.1, 0.15) is 26.7 Å². The van der Waals surface area contributed by atoms with E-state index in [1.54, 1.807) is 0 Å². The minimum atomic E-state index is 0.0494. The zero-order valence-corrected chi connectivity index (χ0v) is 8.73. The minimum absolute atomic E-state index is 0.0494. The van der Waals surface area contributed by atoms with E-state index in [1.807, 2.05) is 11.8 Å². The number of rotatable bonds is 0. The van der Waals surface area contributed by atoms with E-state index < -0.39 is 0 Å². The van der Waals surface area contributed by atoms with E-state index in [1.165, 1.54) is 0 Å². The lowest BCUT2D eigenvalue weighted by molar-refractivity contribution is -0.126. The molecule has 1 aliphatic heterocycles. The van der Waals surface area contributed by atoms with Crippen molar-refractivity contribution in [3.8, 4) is 6.07 Å². The number of carbonyl (C=O) groups excluding carboxylic acids is 1. The Morgan fingerprint density at radius 1 is 1.62 bits per heavy atom. The highest BCUT2D eigenvalue weighted by Crippen LogP contribution is 2.53. The summed E-state index contributed by atoms with van der Waals surface area (Å²) in [4.78, 5) is 11.6. The summed E-state index contributed by atoms with van der Waals surface area (Å²) in [6.45, 7) is 4.19. The molecule has 3 atom stereocenters. The molecule has 1 heterocycles. The quantitative estimate of drug-likeness (QED) is 0.593. The second kappa shape index (κ2) is 2.75. The van der Waals surface area contributed by atoms with Crippen LogP contribution in [0, 0.1) is 23.2 Å². The molecule has 0 spiro atoms. The fourth-order valence-corrected chi connectivity index (χ4v) is 3.92. The lowest BCUT2D eigenvalue weighted by Gasteiger charge is -2.48. The van der Waals surface area contributed by atoms with Crippen LogP contribution in [0.3, 0.4) is 0 Å². The molecule has 0 radical (unpaired) electrons. The summed E-state index contributed by atoms with van der Waals surface area (Å²) in [5.41, 5.74) is 0. The van der Waals surface area contributed by atoms with Gasteiger partial charge in [0.25, 0.3) is 0 Å². The van der Waals surface area contributed by atoms with Crippen LogP contribution in [-0.2, 0) is 4.79 Å². The molecule has 0 aromatic heterocycles. The predicted molar refractivity (Wildman–Crippen MR) is 52.3 cm³/mol. The maximum Gasteiger partial charge on any atom is 0.138 e. The first-order valence-corrected chi connectivity index (χ1v) is 5.51.